The molecule has 0 aliphatic heterocycles. The first-order chi connectivity index (χ1) is 9.25. The fourth-order valence-corrected chi connectivity index (χ4v) is 1.91. The van der Waals surface area contributed by atoms with Crippen molar-refractivity contribution in [1.82, 2.24) is 4.98 Å². The van der Waals surface area contributed by atoms with Crippen LogP contribution < -0.4 is 4.90 Å². The lowest BCUT2D eigenvalue weighted by Gasteiger charge is -2.22. The van der Waals surface area contributed by atoms with Gasteiger partial charge in [-0.1, -0.05) is 24.3 Å². The highest BCUT2D eigenvalue weighted by atomic mass is 16.4. The molecule has 0 bridgehead atoms. The topological polar surface area (TPSA) is 53.4 Å². The summed E-state index contributed by atoms with van der Waals surface area (Å²) in [6, 6.07) is 13.5. The molecule has 4 heteroatoms. The van der Waals surface area contributed by atoms with Crippen molar-refractivity contribution in [3.05, 3.63) is 60.4 Å². The number of carbonyl (C=O) groups is 1. The van der Waals surface area contributed by atoms with Gasteiger partial charge in [-0.05, 0) is 30.2 Å². The van der Waals surface area contributed by atoms with Gasteiger partial charge in [0.05, 0.1) is 0 Å². The third-order valence-electron chi connectivity index (χ3n) is 2.84. The number of pyridine rings is 1. The molecule has 0 radical (unpaired) electrons. The van der Waals surface area contributed by atoms with E-state index in [4.69, 9.17) is 5.11 Å². The van der Waals surface area contributed by atoms with E-state index < -0.39 is 5.97 Å². The quantitative estimate of drug-likeness (QED) is 0.861. The molecule has 1 heterocycles. The van der Waals surface area contributed by atoms with Crippen molar-refractivity contribution in [3.63, 3.8) is 0 Å². The van der Waals surface area contributed by atoms with Gasteiger partial charge in [0.15, 0.2) is 0 Å². The molecule has 0 amide bonds. The summed E-state index contributed by atoms with van der Waals surface area (Å²) in [6.45, 7) is 0.659. The van der Waals surface area contributed by atoms with Gasteiger partial charge in [0.2, 0.25) is 0 Å². The van der Waals surface area contributed by atoms with Gasteiger partial charge in [-0.25, -0.2) is 0 Å². The summed E-state index contributed by atoms with van der Waals surface area (Å²) in [7, 11) is 0. The zero-order chi connectivity index (χ0) is 13.5. The van der Waals surface area contributed by atoms with Crippen LogP contribution in [0.25, 0.3) is 0 Å². The fraction of sp³-hybridized carbons (Fsp3) is 0.200. The minimum absolute atomic E-state index is 0.00424. The normalized spacial score (nSPS) is 10.1. The van der Waals surface area contributed by atoms with Crippen LogP contribution in [0.15, 0.2) is 54.9 Å². The highest BCUT2D eigenvalue weighted by Crippen LogP contribution is 2.13. The van der Waals surface area contributed by atoms with E-state index in [1.54, 1.807) is 6.20 Å². The molecule has 1 N–H and O–H groups in total. The van der Waals surface area contributed by atoms with Gasteiger partial charge in [0, 0.05) is 24.6 Å². The Kier molecular flexibility index (Phi) is 4.50. The Bertz CT molecular complexity index is 514. The minimum atomic E-state index is -0.824. The average molecular weight is 256 g/mol. The summed E-state index contributed by atoms with van der Waals surface area (Å²) in [5.41, 5.74) is 2.03. The first kappa shape index (κ1) is 13.1. The highest BCUT2D eigenvalue weighted by Gasteiger charge is 2.10. The van der Waals surface area contributed by atoms with Crippen molar-refractivity contribution >= 4 is 11.7 Å². The number of carboxylic acids is 1. The third-order valence-corrected chi connectivity index (χ3v) is 2.84. The Labute approximate surface area is 112 Å². The molecular formula is C15H16N2O2. The summed E-state index contributed by atoms with van der Waals surface area (Å²) in [4.78, 5) is 16.9. The first-order valence-electron chi connectivity index (χ1n) is 6.16. The number of hydrogen-bond acceptors (Lipinski definition) is 3. The van der Waals surface area contributed by atoms with E-state index in [1.807, 2.05) is 53.6 Å². The van der Waals surface area contributed by atoms with Crippen molar-refractivity contribution in [2.24, 2.45) is 0 Å². The molecule has 0 fully saturated rings. The molecule has 4 nitrogen and oxygen atoms in total. The number of rotatable bonds is 6. The van der Waals surface area contributed by atoms with Crippen molar-refractivity contribution in [3.8, 4) is 0 Å². The number of aliphatic carboxylic acids is 1. The molecule has 98 valence electrons. The lowest BCUT2D eigenvalue weighted by Crippen LogP contribution is -2.31. The second kappa shape index (κ2) is 6.54. The van der Waals surface area contributed by atoms with Gasteiger partial charge in [-0.3, -0.25) is 9.78 Å². The number of para-hydroxylation sites is 1. The van der Waals surface area contributed by atoms with E-state index in [9.17, 15) is 4.79 Å². The van der Waals surface area contributed by atoms with Crippen LogP contribution in [0.3, 0.4) is 0 Å². The zero-order valence-electron chi connectivity index (χ0n) is 10.6. The Morgan fingerprint density at radius 1 is 1.16 bits per heavy atom. The Balaban J connectivity index is 2.04. The van der Waals surface area contributed by atoms with Gasteiger partial charge < -0.3 is 10.0 Å². The number of carboxylic acid groups (broad SMARTS) is 1. The molecular weight excluding hydrogens is 240 g/mol. The monoisotopic (exact) mass is 256 g/mol. The van der Waals surface area contributed by atoms with Crippen molar-refractivity contribution in [2.75, 3.05) is 18.0 Å². The lowest BCUT2D eigenvalue weighted by molar-refractivity contribution is -0.135. The van der Waals surface area contributed by atoms with Crippen molar-refractivity contribution < 1.29 is 9.90 Å². The lowest BCUT2D eigenvalue weighted by atomic mass is 10.2. The zero-order valence-corrected chi connectivity index (χ0v) is 10.6. The van der Waals surface area contributed by atoms with Gasteiger partial charge in [-0.15, -0.1) is 0 Å². The molecule has 0 atom stereocenters. The number of hydrogen-bond donors (Lipinski definition) is 1. The second-order valence-electron chi connectivity index (χ2n) is 4.26. The van der Waals surface area contributed by atoms with Crippen LogP contribution in [-0.2, 0) is 11.2 Å². The van der Waals surface area contributed by atoms with Crippen LogP contribution in [0.1, 0.15) is 5.56 Å². The molecule has 0 aliphatic rings. The maximum Gasteiger partial charge on any atom is 0.323 e. The maximum atomic E-state index is 10.9. The Morgan fingerprint density at radius 3 is 2.58 bits per heavy atom. The second-order valence-corrected chi connectivity index (χ2v) is 4.26. The highest BCUT2D eigenvalue weighted by molar-refractivity contribution is 5.73. The molecule has 0 saturated carbocycles. The van der Waals surface area contributed by atoms with Crippen LogP contribution in [0.2, 0.25) is 0 Å². The average Bonchev–Trinajstić information content (AvgIpc) is 2.45. The van der Waals surface area contributed by atoms with Gasteiger partial charge in [0.25, 0.3) is 0 Å². The summed E-state index contributed by atoms with van der Waals surface area (Å²) < 4.78 is 0. The molecule has 0 saturated heterocycles. The summed E-state index contributed by atoms with van der Waals surface area (Å²) in [5.74, 6) is -0.824. The Morgan fingerprint density at radius 2 is 1.95 bits per heavy atom. The van der Waals surface area contributed by atoms with Crippen LogP contribution >= 0.6 is 0 Å². The number of aromatic nitrogens is 1. The Hall–Kier alpha value is -2.36. The van der Waals surface area contributed by atoms with Crippen LogP contribution in [-0.4, -0.2) is 29.1 Å². The minimum Gasteiger partial charge on any atom is -0.480 e. The van der Waals surface area contributed by atoms with Gasteiger partial charge in [0.1, 0.15) is 6.54 Å². The van der Waals surface area contributed by atoms with Gasteiger partial charge in [-0.2, -0.15) is 0 Å². The first-order valence-corrected chi connectivity index (χ1v) is 6.16. The van der Waals surface area contributed by atoms with E-state index in [2.05, 4.69) is 4.98 Å². The van der Waals surface area contributed by atoms with E-state index in [1.165, 1.54) is 0 Å². The molecule has 1 aromatic heterocycles. The predicted octanol–water partition coefficient (Wildman–Crippen LogP) is 2.22. The number of benzene rings is 1. The molecule has 0 aliphatic carbocycles. The number of anilines is 1. The molecule has 2 aromatic rings. The molecule has 2 rings (SSSR count). The predicted molar refractivity (Wildman–Crippen MR) is 74.2 cm³/mol. The third kappa shape index (κ3) is 4.10. The van der Waals surface area contributed by atoms with Crippen LogP contribution in [0.5, 0.6) is 0 Å². The van der Waals surface area contributed by atoms with E-state index in [-0.39, 0.29) is 6.54 Å². The van der Waals surface area contributed by atoms with Gasteiger partial charge >= 0.3 is 5.97 Å². The summed E-state index contributed by atoms with van der Waals surface area (Å²) in [5, 5.41) is 8.99. The molecule has 0 unspecified atom stereocenters. The van der Waals surface area contributed by atoms with Crippen molar-refractivity contribution in [2.45, 2.75) is 6.42 Å². The molecule has 0 spiro atoms. The smallest absolute Gasteiger partial charge is 0.323 e. The van der Waals surface area contributed by atoms with E-state index in [0.717, 1.165) is 17.7 Å². The van der Waals surface area contributed by atoms with E-state index in [0.29, 0.717) is 6.54 Å². The fourth-order valence-electron chi connectivity index (χ4n) is 1.91. The van der Waals surface area contributed by atoms with E-state index >= 15 is 0 Å². The summed E-state index contributed by atoms with van der Waals surface area (Å²) in [6.07, 6.45) is 4.32. The van der Waals surface area contributed by atoms with Crippen molar-refractivity contribution in [1.29, 1.82) is 0 Å². The summed E-state index contributed by atoms with van der Waals surface area (Å²) >= 11 is 0. The number of nitrogens with zero attached hydrogens (tertiary/aromatic N) is 2. The molecule has 19 heavy (non-hydrogen) atoms. The standard InChI is InChI=1S/C15H16N2O2/c18-15(19)12-17(14-6-2-1-3-7-14)10-8-13-5-4-9-16-11-13/h1-7,9,11H,8,10,12H2,(H,18,19). The SMILES string of the molecule is O=C(O)CN(CCc1cccnc1)c1ccccc1. The van der Waals surface area contributed by atoms with Crippen LogP contribution in [0.4, 0.5) is 5.69 Å². The molecule has 1 aromatic carbocycles. The van der Waals surface area contributed by atoms with Crippen LogP contribution in [0, 0.1) is 0 Å². The largest absolute Gasteiger partial charge is 0.480 e. The maximum absolute atomic E-state index is 10.9.